The van der Waals surface area contributed by atoms with E-state index in [1.165, 1.54) is 21.5 Å². The SMILES string of the molecule is [CH2-]CC.[Sc+3].c1ccc2[cH-]ccc2c1.c1ccc2[cH-]ccc2c1. The molecule has 0 N–H and O–H groups in total. The van der Waals surface area contributed by atoms with E-state index in [4.69, 9.17) is 0 Å². The van der Waals surface area contributed by atoms with E-state index in [1.54, 1.807) is 0 Å². The normalized spacial score (nSPS) is 9.18. The molecule has 108 valence electrons. The van der Waals surface area contributed by atoms with Gasteiger partial charge in [-0.1, -0.05) is 19.1 Å². The second-order valence-corrected chi connectivity index (χ2v) is 4.81. The Kier molecular flexibility index (Phi) is 8.69. The molecule has 0 saturated carbocycles. The van der Waals surface area contributed by atoms with Crippen LogP contribution in [0.15, 0.2) is 84.9 Å². The number of hydrogen-bond acceptors (Lipinski definition) is 0. The predicted molar refractivity (Wildman–Crippen MR) is 94.7 cm³/mol. The summed E-state index contributed by atoms with van der Waals surface area (Å²) in [6.45, 7) is 5.50. The molecular formula is C21H21Sc. The van der Waals surface area contributed by atoms with Gasteiger partial charge in [0.2, 0.25) is 0 Å². The smallest absolute Gasteiger partial charge is 0.344 e. The molecule has 0 atom stereocenters. The van der Waals surface area contributed by atoms with E-state index in [2.05, 4.69) is 91.9 Å². The average Bonchev–Trinajstić information content (AvgIpc) is 3.17. The maximum Gasteiger partial charge on any atom is 3.00 e. The van der Waals surface area contributed by atoms with E-state index in [9.17, 15) is 0 Å². The van der Waals surface area contributed by atoms with Crippen LogP contribution in [0.3, 0.4) is 0 Å². The van der Waals surface area contributed by atoms with Crippen molar-refractivity contribution in [1.29, 1.82) is 0 Å². The topological polar surface area (TPSA) is 0 Å². The summed E-state index contributed by atoms with van der Waals surface area (Å²) < 4.78 is 0. The van der Waals surface area contributed by atoms with Gasteiger partial charge in [0.1, 0.15) is 0 Å². The van der Waals surface area contributed by atoms with Gasteiger partial charge in [0.25, 0.3) is 0 Å². The minimum absolute atomic E-state index is 0. The first-order valence-electron chi connectivity index (χ1n) is 7.35. The Morgan fingerprint density at radius 2 is 1.09 bits per heavy atom. The standard InChI is InChI=1S/2C9H7.C3H7.Sc/c2*1-2-5-9-7-3-6-8(9)4-1;1-3-2;/h2*1-7H;1,3H2,2H3;/q3*-1;+3. The van der Waals surface area contributed by atoms with Crippen LogP contribution in [0.4, 0.5) is 0 Å². The van der Waals surface area contributed by atoms with Crippen LogP contribution < -0.4 is 0 Å². The molecule has 0 aliphatic heterocycles. The van der Waals surface area contributed by atoms with Gasteiger partial charge < -0.3 is 6.92 Å². The van der Waals surface area contributed by atoms with E-state index in [1.807, 2.05) is 6.92 Å². The van der Waals surface area contributed by atoms with Gasteiger partial charge in [-0.25, -0.2) is 0 Å². The summed E-state index contributed by atoms with van der Waals surface area (Å²) in [5.41, 5.74) is 0. The fourth-order valence-corrected chi connectivity index (χ4v) is 2.14. The van der Waals surface area contributed by atoms with Crippen LogP contribution in [-0.4, -0.2) is 0 Å². The molecule has 0 spiro atoms. The molecule has 0 nitrogen and oxygen atoms in total. The van der Waals surface area contributed by atoms with Crippen molar-refractivity contribution >= 4 is 21.5 Å². The first kappa shape index (κ1) is 18.6. The van der Waals surface area contributed by atoms with Gasteiger partial charge in [0.15, 0.2) is 0 Å². The van der Waals surface area contributed by atoms with Crippen LogP contribution >= 0.6 is 0 Å². The Morgan fingerprint density at radius 3 is 1.45 bits per heavy atom. The molecule has 0 radical (unpaired) electrons. The minimum Gasteiger partial charge on any atom is -0.344 e. The molecule has 0 heterocycles. The maximum atomic E-state index is 3.49. The molecule has 1 heteroatoms. The average molecular weight is 318 g/mol. The van der Waals surface area contributed by atoms with Gasteiger partial charge in [0.05, 0.1) is 0 Å². The molecule has 22 heavy (non-hydrogen) atoms. The molecule has 0 aliphatic carbocycles. The Bertz CT molecular complexity index is 635. The van der Waals surface area contributed by atoms with E-state index < -0.39 is 0 Å². The van der Waals surface area contributed by atoms with Crippen LogP contribution in [0, 0.1) is 6.92 Å². The summed E-state index contributed by atoms with van der Waals surface area (Å²) in [5.74, 6) is 0. The molecule has 0 bridgehead atoms. The Hall–Kier alpha value is -1.47. The molecule has 0 unspecified atom stereocenters. The van der Waals surface area contributed by atoms with Crippen molar-refractivity contribution in [2.45, 2.75) is 13.3 Å². The Balaban J connectivity index is 0.000000181. The third kappa shape index (κ3) is 5.38. The van der Waals surface area contributed by atoms with E-state index >= 15 is 0 Å². The summed E-state index contributed by atoms with van der Waals surface area (Å²) in [4.78, 5) is 0. The van der Waals surface area contributed by atoms with Crippen molar-refractivity contribution in [1.82, 2.24) is 0 Å². The fraction of sp³-hybridized carbons (Fsp3) is 0.0952. The van der Waals surface area contributed by atoms with Crippen LogP contribution in [0.1, 0.15) is 13.3 Å². The van der Waals surface area contributed by atoms with Crippen molar-refractivity contribution in [3.8, 4) is 0 Å². The monoisotopic (exact) mass is 318 g/mol. The zero-order valence-corrected chi connectivity index (χ0v) is 14.9. The first-order valence-corrected chi connectivity index (χ1v) is 7.35. The van der Waals surface area contributed by atoms with Crippen molar-refractivity contribution in [3.63, 3.8) is 0 Å². The molecule has 0 amide bonds. The number of benzene rings is 2. The molecular weight excluding hydrogens is 297 g/mol. The van der Waals surface area contributed by atoms with Crippen molar-refractivity contribution in [2.24, 2.45) is 0 Å². The van der Waals surface area contributed by atoms with E-state index in [0.29, 0.717) is 0 Å². The zero-order valence-electron chi connectivity index (χ0n) is 13.1. The predicted octanol–water partition coefficient (Wildman–Crippen LogP) is 6.35. The maximum absolute atomic E-state index is 3.49. The van der Waals surface area contributed by atoms with Gasteiger partial charge >= 0.3 is 25.8 Å². The number of fused-ring (bicyclic) bond motifs is 2. The van der Waals surface area contributed by atoms with E-state index in [-0.39, 0.29) is 25.8 Å². The summed E-state index contributed by atoms with van der Waals surface area (Å²) in [6, 6.07) is 29.3. The molecule has 0 aliphatic rings. The zero-order chi connectivity index (χ0) is 14.9. The van der Waals surface area contributed by atoms with Gasteiger partial charge in [0, 0.05) is 0 Å². The molecule has 4 rings (SSSR count). The second-order valence-electron chi connectivity index (χ2n) is 4.81. The first-order chi connectivity index (χ1) is 10.3. The van der Waals surface area contributed by atoms with Gasteiger partial charge in [-0.2, -0.15) is 41.5 Å². The third-order valence-electron chi connectivity index (χ3n) is 3.10. The minimum atomic E-state index is 0. The number of rotatable bonds is 0. The van der Waals surface area contributed by atoms with Gasteiger partial charge in [-0.05, 0) is 0 Å². The summed E-state index contributed by atoms with van der Waals surface area (Å²) in [7, 11) is 0. The van der Waals surface area contributed by atoms with Crippen LogP contribution in [-0.2, 0) is 25.8 Å². The molecule has 0 aromatic heterocycles. The van der Waals surface area contributed by atoms with Gasteiger partial charge in [-0.3, -0.25) is 0 Å². The van der Waals surface area contributed by atoms with Crippen molar-refractivity contribution < 1.29 is 25.8 Å². The van der Waals surface area contributed by atoms with Crippen LogP contribution in [0.2, 0.25) is 0 Å². The quantitative estimate of drug-likeness (QED) is 0.332. The summed E-state index contributed by atoms with van der Waals surface area (Å²) in [6.07, 6.45) is 1.00. The molecule has 4 aromatic carbocycles. The molecule has 0 saturated heterocycles. The van der Waals surface area contributed by atoms with Crippen LogP contribution in [0.5, 0.6) is 0 Å². The Labute approximate surface area is 152 Å². The Morgan fingerprint density at radius 1 is 0.727 bits per heavy atom. The van der Waals surface area contributed by atoms with Crippen molar-refractivity contribution in [2.75, 3.05) is 0 Å². The largest absolute Gasteiger partial charge is 3.00 e. The fourth-order valence-electron chi connectivity index (χ4n) is 2.14. The summed E-state index contributed by atoms with van der Waals surface area (Å²) in [5, 5.41) is 5.32. The summed E-state index contributed by atoms with van der Waals surface area (Å²) >= 11 is 0. The van der Waals surface area contributed by atoms with E-state index in [0.717, 1.165) is 6.42 Å². The van der Waals surface area contributed by atoms with Crippen LogP contribution in [0.25, 0.3) is 21.5 Å². The van der Waals surface area contributed by atoms with Crippen molar-refractivity contribution in [3.05, 3.63) is 91.9 Å². The molecule has 4 aromatic rings. The third-order valence-corrected chi connectivity index (χ3v) is 3.10. The second kappa shape index (κ2) is 10.3. The molecule has 0 fully saturated rings. The van der Waals surface area contributed by atoms with Gasteiger partial charge in [-0.15, -0.1) is 59.3 Å². The number of hydrogen-bond donors (Lipinski definition) is 0.